The minimum atomic E-state index is -3.79. The molecule has 0 aliphatic carbocycles. The Bertz CT molecular complexity index is 648. The molecular formula is C9H5ClF2O3S. The van der Waals surface area contributed by atoms with Crippen molar-refractivity contribution < 1.29 is 21.6 Å². The number of furan rings is 1. The van der Waals surface area contributed by atoms with Gasteiger partial charge in [-0.3, -0.25) is 0 Å². The second kappa shape index (κ2) is 3.71. The van der Waals surface area contributed by atoms with Gasteiger partial charge in [-0.2, -0.15) is 0 Å². The topological polar surface area (TPSA) is 47.3 Å². The van der Waals surface area contributed by atoms with Crippen LogP contribution in [-0.2, 0) is 14.8 Å². The van der Waals surface area contributed by atoms with Crippen LogP contribution in [0.5, 0.6) is 0 Å². The first kappa shape index (κ1) is 11.3. The smallest absolute Gasteiger partial charge is 0.239 e. The lowest BCUT2D eigenvalue weighted by molar-refractivity contribution is 0.551. The number of hydrogen-bond acceptors (Lipinski definition) is 3. The van der Waals surface area contributed by atoms with Gasteiger partial charge in [0.05, 0.1) is 5.39 Å². The van der Waals surface area contributed by atoms with Crippen molar-refractivity contribution in [1.29, 1.82) is 0 Å². The largest absolute Gasteiger partial charge is 0.460 e. The summed E-state index contributed by atoms with van der Waals surface area (Å²) in [5, 5.41) is 0.0247. The van der Waals surface area contributed by atoms with E-state index in [1.54, 1.807) is 0 Å². The van der Waals surface area contributed by atoms with Crippen LogP contribution < -0.4 is 0 Å². The molecule has 0 bridgehead atoms. The fraction of sp³-hybridized carbons (Fsp3) is 0.111. The predicted octanol–water partition coefficient (Wildman–Crippen LogP) is 2.78. The zero-order chi connectivity index (χ0) is 11.9. The van der Waals surface area contributed by atoms with E-state index in [4.69, 9.17) is 15.1 Å². The van der Waals surface area contributed by atoms with Crippen LogP contribution in [0.25, 0.3) is 11.0 Å². The summed E-state index contributed by atoms with van der Waals surface area (Å²) in [4.78, 5) is 0. The van der Waals surface area contributed by atoms with E-state index >= 15 is 0 Å². The van der Waals surface area contributed by atoms with E-state index in [1.165, 1.54) is 6.07 Å². The first-order chi connectivity index (χ1) is 7.35. The van der Waals surface area contributed by atoms with Gasteiger partial charge in [0.15, 0.2) is 0 Å². The lowest BCUT2D eigenvalue weighted by Gasteiger charge is -1.91. The molecule has 0 amide bonds. The van der Waals surface area contributed by atoms with Crippen molar-refractivity contribution in [3.8, 4) is 0 Å². The quantitative estimate of drug-likeness (QED) is 0.785. The van der Waals surface area contributed by atoms with Gasteiger partial charge in [0.1, 0.15) is 28.7 Å². The molecule has 1 heterocycles. The Morgan fingerprint density at radius 2 is 1.94 bits per heavy atom. The molecule has 1 aromatic heterocycles. The van der Waals surface area contributed by atoms with Gasteiger partial charge in [-0.1, -0.05) is 0 Å². The Kier molecular flexibility index (Phi) is 2.63. The Labute approximate surface area is 94.0 Å². The molecule has 0 saturated heterocycles. The third-order valence-corrected chi connectivity index (χ3v) is 2.87. The summed E-state index contributed by atoms with van der Waals surface area (Å²) in [7, 11) is 1.23. The van der Waals surface area contributed by atoms with Crippen LogP contribution >= 0.6 is 10.7 Å². The van der Waals surface area contributed by atoms with Gasteiger partial charge in [0, 0.05) is 22.8 Å². The highest BCUT2D eigenvalue weighted by molar-refractivity contribution is 8.13. The van der Waals surface area contributed by atoms with Crippen molar-refractivity contribution in [3.05, 3.63) is 35.6 Å². The summed E-state index contributed by atoms with van der Waals surface area (Å²) in [6.07, 6.45) is 0. The van der Waals surface area contributed by atoms with Crippen molar-refractivity contribution in [3.63, 3.8) is 0 Å². The molecule has 7 heteroatoms. The van der Waals surface area contributed by atoms with Crippen molar-refractivity contribution in [1.82, 2.24) is 0 Å². The second-order valence-corrected chi connectivity index (χ2v) is 5.97. The molecule has 0 saturated carbocycles. The Morgan fingerprint density at radius 3 is 2.56 bits per heavy atom. The van der Waals surface area contributed by atoms with Crippen LogP contribution in [0.2, 0.25) is 0 Å². The van der Waals surface area contributed by atoms with Crippen LogP contribution in [0, 0.1) is 11.6 Å². The molecule has 16 heavy (non-hydrogen) atoms. The number of halogens is 3. The van der Waals surface area contributed by atoms with Crippen LogP contribution in [0.4, 0.5) is 8.78 Å². The molecule has 2 aromatic rings. The fourth-order valence-corrected chi connectivity index (χ4v) is 2.16. The van der Waals surface area contributed by atoms with Crippen molar-refractivity contribution in [2.45, 2.75) is 5.75 Å². The second-order valence-electron chi connectivity index (χ2n) is 3.20. The zero-order valence-electron chi connectivity index (χ0n) is 7.71. The minimum absolute atomic E-state index is 0.0247. The van der Waals surface area contributed by atoms with E-state index < -0.39 is 26.4 Å². The molecule has 0 spiro atoms. The minimum Gasteiger partial charge on any atom is -0.460 e. The molecule has 0 radical (unpaired) electrons. The Hall–Kier alpha value is -1.14. The zero-order valence-corrected chi connectivity index (χ0v) is 9.28. The highest BCUT2D eigenvalue weighted by Crippen LogP contribution is 2.25. The molecule has 0 aliphatic heterocycles. The van der Waals surface area contributed by atoms with Gasteiger partial charge in [-0.25, -0.2) is 17.2 Å². The highest BCUT2D eigenvalue weighted by Gasteiger charge is 2.14. The number of rotatable bonds is 2. The van der Waals surface area contributed by atoms with Gasteiger partial charge in [0.25, 0.3) is 0 Å². The molecule has 1 aromatic carbocycles. The Balaban J connectivity index is 2.56. The fourth-order valence-electron chi connectivity index (χ4n) is 1.36. The Morgan fingerprint density at radius 1 is 1.25 bits per heavy atom. The van der Waals surface area contributed by atoms with E-state index in [1.807, 2.05) is 0 Å². The molecule has 0 fully saturated rings. The average molecular weight is 267 g/mol. The van der Waals surface area contributed by atoms with Gasteiger partial charge in [0.2, 0.25) is 9.05 Å². The first-order valence-electron chi connectivity index (χ1n) is 4.15. The van der Waals surface area contributed by atoms with Gasteiger partial charge < -0.3 is 4.42 Å². The standard InChI is InChI=1S/C9H5ClF2O3S/c10-16(13,14)4-6-3-7-8(12)1-5(11)2-9(7)15-6/h1-3H,4H2. The maximum Gasteiger partial charge on any atom is 0.239 e. The molecule has 0 unspecified atom stereocenters. The molecule has 0 N–H and O–H groups in total. The van der Waals surface area contributed by atoms with Crippen LogP contribution in [0.1, 0.15) is 5.76 Å². The van der Waals surface area contributed by atoms with E-state index in [0.717, 1.165) is 6.07 Å². The molecule has 0 aliphatic rings. The summed E-state index contributed by atoms with van der Waals surface area (Å²) >= 11 is 0. The lowest BCUT2D eigenvalue weighted by atomic mass is 10.2. The SMILES string of the molecule is O=S(=O)(Cl)Cc1cc2c(F)cc(F)cc2o1. The third kappa shape index (κ3) is 2.33. The number of benzene rings is 1. The lowest BCUT2D eigenvalue weighted by Crippen LogP contribution is -1.92. The molecule has 0 atom stereocenters. The van der Waals surface area contributed by atoms with E-state index in [0.29, 0.717) is 6.07 Å². The summed E-state index contributed by atoms with van der Waals surface area (Å²) in [5.74, 6) is -2.20. The number of fused-ring (bicyclic) bond motifs is 1. The van der Waals surface area contributed by atoms with Gasteiger partial charge in [-0.05, 0) is 6.07 Å². The van der Waals surface area contributed by atoms with Gasteiger partial charge in [-0.15, -0.1) is 0 Å². The molecule has 3 nitrogen and oxygen atoms in total. The monoisotopic (exact) mass is 266 g/mol. The summed E-state index contributed by atoms with van der Waals surface area (Å²) in [6.45, 7) is 0. The highest BCUT2D eigenvalue weighted by atomic mass is 35.7. The third-order valence-electron chi connectivity index (χ3n) is 1.92. The maximum atomic E-state index is 13.2. The normalized spacial score (nSPS) is 12.2. The van der Waals surface area contributed by atoms with Crippen molar-refractivity contribution in [2.75, 3.05) is 0 Å². The predicted molar refractivity (Wildman–Crippen MR) is 54.6 cm³/mol. The molecule has 86 valence electrons. The van der Waals surface area contributed by atoms with E-state index in [2.05, 4.69) is 0 Å². The van der Waals surface area contributed by atoms with Crippen LogP contribution in [0.15, 0.2) is 22.6 Å². The van der Waals surface area contributed by atoms with Gasteiger partial charge >= 0.3 is 0 Å². The first-order valence-corrected chi connectivity index (χ1v) is 6.63. The summed E-state index contributed by atoms with van der Waals surface area (Å²) < 4.78 is 52.5. The summed E-state index contributed by atoms with van der Waals surface area (Å²) in [5.41, 5.74) is -0.0483. The summed E-state index contributed by atoms with van der Waals surface area (Å²) in [6, 6.07) is 2.85. The molecule has 2 rings (SSSR count). The van der Waals surface area contributed by atoms with E-state index in [-0.39, 0.29) is 16.7 Å². The average Bonchev–Trinajstić information content (AvgIpc) is 2.43. The van der Waals surface area contributed by atoms with Crippen molar-refractivity contribution in [2.24, 2.45) is 0 Å². The maximum absolute atomic E-state index is 13.2. The molecular weight excluding hydrogens is 262 g/mol. The van der Waals surface area contributed by atoms with Crippen LogP contribution in [0.3, 0.4) is 0 Å². The van der Waals surface area contributed by atoms with E-state index in [9.17, 15) is 17.2 Å². The van der Waals surface area contributed by atoms with Crippen LogP contribution in [-0.4, -0.2) is 8.42 Å². The number of hydrogen-bond donors (Lipinski definition) is 0. The van der Waals surface area contributed by atoms with Crippen molar-refractivity contribution >= 4 is 30.7 Å².